The quantitative estimate of drug-likeness (QED) is 0.594. The zero-order valence-corrected chi connectivity index (χ0v) is 19.5. The molecule has 1 atom stereocenters. The van der Waals surface area contributed by atoms with Gasteiger partial charge in [0.15, 0.2) is 5.65 Å². The fourth-order valence-electron chi connectivity index (χ4n) is 4.78. The Bertz CT molecular complexity index is 1120. The highest BCUT2D eigenvalue weighted by Gasteiger charge is 2.50. The lowest BCUT2D eigenvalue weighted by atomic mass is 9.73. The molecule has 1 spiro atoms. The van der Waals surface area contributed by atoms with Gasteiger partial charge in [-0.05, 0) is 55.6 Å². The van der Waals surface area contributed by atoms with Crippen molar-refractivity contribution in [2.75, 3.05) is 18.0 Å². The number of imidazole rings is 1. The summed E-state index contributed by atoms with van der Waals surface area (Å²) >= 11 is 3.52. The van der Waals surface area contributed by atoms with Crippen LogP contribution in [0.4, 0.5) is 10.7 Å². The van der Waals surface area contributed by atoms with Gasteiger partial charge in [-0.15, -0.1) is 0 Å². The van der Waals surface area contributed by atoms with Crippen molar-refractivity contribution < 1.29 is 9.53 Å². The lowest BCUT2D eigenvalue weighted by Crippen LogP contribution is -2.48. The molecule has 1 saturated heterocycles. The Morgan fingerprint density at radius 1 is 1.26 bits per heavy atom. The first kappa shape index (κ1) is 20.3. The van der Waals surface area contributed by atoms with E-state index >= 15 is 0 Å². The number of carbonyl (C=O) groups excluding carboxylic acids is 1. The number of hydrogen-bond donors (Lipinski definition) is 1. The lowest BCUT2D eigenvalue weighted by Gasteiger charge is -2.43. The van der Waals surface area contributed by atoms with Crippen molar-refractivity contribution in [2.45, 2.75) is 51.8 Å². The molecule has 1 fully saturated rings. The Morgan fingerprint density at radius 3 is 2.77 bits per heavy atom. The standard InChI is InChI=1S/C21H26BrN7O2/c1-20(2,3)31-19(30)26-16-15-4-7-25-29(15)13-21(16)5-9-27(10-6-21)18-24-12-14(22)17-23-8-11-28(17)18/h4,7-8,11-12,16H,5-6,9-10,13H2,1-3H3,(H,26,30)/t16-/m1/s1. The summed E-state index contributed by atoms with van der Waals surface area (Å²) in [7, 11) is 0. The minimum absolute atomic E-state index is 0.0968. The van der Waals surface area contributed by atoms with Gasteiger partial charge in [-0.2, -0.15) is 5.10 Å². The monoisotopic (exact) mass is 487 g/mol. The van der Waals surface area contributed by atoms with Crippen molar-refractivity contribution in [1.82, 2.24) is 29.5 Å². The van der Waals surface area contributed by atoms with E-state index in [4.69, 9.17) is 4.74 Å². The minimum atomic E-state index is -0.539. The molecule has 164 valence electrons. The van der Waals surface area contributed by atoms with Crippen LogP contribution in [0.25, 0.3) is 5.65 Å². The third-order valence-corrected chi connectivity index (χ3v) is 6.75. The second-order valence-corrected chi connectivity index (χ2v) is 10.2. The van der Waals surface area contributed by atoms with Crippen molar-refractivity contribution in [1.29, 1.82) is 0 Å². The maximum Gasteiger partial charge on any atom is 0.408 e. The first-order valence-electron chi connectivity index (χ1n) is 10.5. The van der Waals surface area contributed by atoms with Gasteiger partial charge < -0.3 is 15.0 Å². The van der Waals surface area contributed by atoms with Gasteiger partial charge in [0.25, 0.3) is 0 Å². The van der Waals surface area contributed by atoms with E-state index in [-0.39, 0.29) is 17.6 Å². The zero-order valence-electron chi connectivity index (χ0n) is 17.9. The second-order valence-electron chi connectivity index (χ2n) is 9.37. The summed E-state index contributed by atoms with van der Waals surface area (Å²) in [5, 5.41) is 7.63. The number of amides is 1. The van der Waals surface area contributed by atoms with Crippen LogP contribution in [0.1, 0.15) is 45.3 Å². The van der Waals surface area contributed by atoms with E-state index < -0.39 is 5.60 Å². The van der Waals surface area contributed by atoms with Crippen LogP contribution in [0, 0.1) is 5.41 Å². The molecule has 3 aromatic rings. The zero-order chi connectivity index (χ0) is 21.8. The van der Waals surface area contributed by atoms with Gasteiger partial charge >= 0.3 is 6.09 Å². The second kappa shape index (κ2) is 7.22. The smallest absolute Gasteiger partial charge is 0.408 e. The number of nitrogens with one attached hydrogen (secondary N) is 1. The summed E-state index contributed by atoms with van der Waals surface area (Å²) in [5.74, 6) is 0.887. The van der Waals surface area contributed by atoms with Crippen LogP contribution in [-0.2, 0) is 11.3 Å². The van der Waals surface area contributed by atoms with E-state index in [1.54, 1.807) is 18.6 Å². The van der Waals surface area contributed by atoms with E-state index in [1.165, 1.54) is 0 Å². The van der Waals surface area contributed by atoms with Gasteiger partial charge in [0.2, 0.25) is 5.95 Å². The fraction of sp³-hybridized carbons (Fsp3) is 0.524. The van der Waals surface area contributed by atoms with Gasteiger partial charge in [-0.3, -0.25) is 9.08 Å². The normalized spacial score (nSPS) is 20.3. The van der Waals surface area contributed by atoms with Crippen molar-refractivity contribution in [3.8, 4) is 0 Å². The fourth-order valence-corrected chi connectivity index (χ4v) is 5.18. The van der Waals surface area contributed by atoms with Gasteiger partial charge in [0, 0.05) is 49.8 Å². The number of halogens is 1. The molecule has 0 aliphatic carbocycles. The van der Waals surface area contributed by atoms with Gasteiger partial charge in [0.05, 0.1) is 16.2 Å². The summed E-state index contributed by atoms with van der Waals surface area (Å²) in [6.45, 7) is 8.09. The maximum absolute atomic E-state index is 12.6. The number of fused-ring (bicyclic) bond motifs is 2. The average Bonchev–Trinajstić information content (AvgIpc) is 3.40. The summed E-state index contributed by atoms with van der Waals surface area (Å²) in [4.78, 5) is 24.0. The number of alkyl carbamates (subject to hydrolysis) is 1. The van der Waals surface area contributed by atoms with Crippen LogP contribution in [-0.4, -0.2) is 48.9 Å². The molecule has 31 heavy (non-hydrogen) atoms. The van der Waals surface area contributed by atoms with Crippen LogP contribution in [0.15, 0.2) is 35.3 Å². The van der Waals surface area contributed by atoms with E-state index in [0.717, 1.165) is 54.2 Å². The van der Waals surface area contributed by atoms with Crippen molar-refractivity contribution >= 4 is 33.6 Å². The summed E-state index contributed by atoms with van der Waals surface area (Å²) in [6.07, 6.45) is 8.75. The predicted octanol–water partition coefficient (Wildman–Crippen LogP) is 3.55. The third kappa shape index (κ3) is 3.56. The molecule has 0 bridgehead atoms. The highest BCUT2D eigenvalue weighted by atomic mass is 79.9. The van der Waals surface area contributed by atoms with Crippen LogP contribution in [0.2, 0.25) is 0 Å². The Morgan fingerprint density at radius 2 is 2.03 bits per heavy atom. The molecule has 1 N–H and O–H groups in total. The maximum atomic E-state index is 12.6. The van der Waals surface area contributed by atoms with E-state index in [9.17, 15) is 4.79 Å². The average molecular weight is 488 g/mol. The number of hydrogen-bond acceptors (Lipinski definition) is 6. The molecule has 0 saturated carbocycles. The molecule has 1 amide bonds. The SMILES string of the molecule is CC(C)(C)OC(=O)N[C@@H]1c2ccnn2CC12CCN(c1ncc(Br)c3nccn13)CC2. The van der Waals surface area contributed by atoms with Crippen LogP contribution >= 0.6 is 15.9 Å². The molecule has 3 aromatic heterocycles. The van der Waals surface area contributed by atoms with Crippen LogP contribution in [0.3, 0.4) is 0 Å². The Hall–Kier alpha value is -2.62. The number of nitrogens with zero attached hydrogens (tertiary/aromatic N) is 6. The molecule has 2 aliphatic heterocycles. The van der Waals surface area contributed by atoms with E-state index in [2.05, 4.69) is 41.2 Å². The molecule has 5 heterocycles. The van der Waals surface area contributed by atoms with Gasteiger partial charge in [0.1, 0.15) is 5.60 Å². The van der Waals surface area contributed by atoms with Gasteiger partial charge in [-0.1, -0.05) is 0 Å². The van der Waals surface area contributed by atoms with E-state index in [1.807, 2.05) is 42.1 Å². The number of aromatic nitrogens is 5. The number of rotatable bonds is 2. The molecule has 0 unspecified atom stereocenters. The van der Waals surface area contributed by atoms with Crippen molar-refractivity contribution in [3.63, 3.8) is 0 Å². The predicted molar refractivity (Wildman–Crippen MR) is 119 cm³/mol. The largest absolute Gasteiger partial charge is 0.444 e. The number of piperidine rings is 1. The Balaban J connectivity index is 1.37. The molecule has 9 nitrogen and oxygen atoms in total. The van der Waals surface area contributed by atoms with Gasteiger partial charge in [-0.25, -0.2) is 14.8 Å². The number of ether oxygens (including phenoxy) is 1. The first-order valence-corrected chi connectivity index (χ1v) is 11.3. The molecule has 5 rings (SSSR count). The van der Waals surface area contributed by atoms with Crippen molar-refractivity contribution in [3.05, 3.63) is 41.0 Å². The number of carbonyl (C=O) groups is 1. The number of anilines is 1. The minimum Gasteiger partial charge on any atom is -0.444 e. The Kier molecular flexibility index (Phi) is 4.72. The molecular formula is C21H26BrN7O2. The molecule has 0 radical (unpaired) electrons. The summed E-state index contributed by atoms with van der Waals surface area (Å²) in [5.41, 5.74) is 1.26. The Labute approximate surface area is 188 Å². The summed E-state index contributed by atoms with van der Waals surface area (Å²) < 4.78 is 10.5. The highest BCUT2D eigenvalue weighted by Crippen LogP contribution is 2.49. The summed E-state index contributed by atoms with van der Waals surface area (Å²) in [6, 6.07) is 1.87. The molecule has 0 aromatic carbocycles. The first-order chi connectivity index (χ1) is 14.8. The molecule has 10 heteroatoms. The lowest BCUT2D eigenvalue weighted by molar-refractivity contribution is 0.0423. The van der Waals surface area contributed by atoms with E-state index in [0.29, 0.717) is 0 Å². The topological polar surface area (TPSA) is 89.6 Å². The van der Waals surface area contributed by atoms with Crippen molar-refractivity contribution in [2.24, 2.45) is 5.41 Å². The molecular weight excluding hydrogens is 462 g/mol. The highest BCUT2D eigenvalue weighted by molar-refractivity contribution is 9.10. The van der Waals surface area contributed by atoms with Crippen LogP contribution < -0.4 is 10.2 Å². The molecule has 2 aliphatic rings. The third-order valence-electron chi connectivity index (χ3n) is 6.19. The van der Waals surface area contributed by atoms with Crippen LogP contribution in [0.5, 0.6) is 0 Å².